The zero-order chi connectivity index (χ0) is 7.90. The minimum absolute atomic E-state index is 0.0578. The van der Waals surface area contributed by atoms with Gasteiger partial charge in [-0.05, 0) is 6.42 Å². The largest absolute Gasteiger partial charge is 0.378 e. The fourth-order valence-corrected chi connectivity index (χ4v) is 1.91. The molecule has 0 spiro atoms. The van der Waals surface area contributed by atoms with Gasteiger partial charge >= 0.3 is 0 Å². The Kier molecular flexibility index (Phi) is 1.73. The monoisotopic (exact) mass is 152 g/mol. The first-order valence-electron chi connectivity index (χ1n) is 4.28. The molecular weight excluding hydrogens is 139 g/mol. The standard InChI is InChI=1S/C8H13BO2/c1-2-8-5-10-4-6(3-9)7(8)11-8/h6-7H,2-5H2,1H3/t6?,7-,8?/m0/s1. The maximum Gasteiger partial charge on any atom is 0.118 e. The minimum Gasteiger partial charge on any atom is -0.378 e. The summed E-state index contributed by atoms with van der Waals surface area (Å²) < 4.78 is 11.0. The second-order valence-electron chi connectivity index (χ2n) is 3.47. The van der Waals surface area contributed by atoms with Gasteiger partial charge in [-0.1, -0.05) is 13.2 Å². The second-order valence-corrected chi connectivity index (χ2v) is 3.47. The molecular formula is C8H13BO2. The molecule has 60 valence electrons. The van der Waals surface area contributed by atoms with Crippen LogP contribution < -0.4 is 0 Å². The quantitative estimate of drug-likeness (QED) is 0.430. The fraction of sp³-hybridized carbons (Fsp3) is 1.00. The van der Waals surface area contributed by atoms with E-state index in [1.165, 1.54) is 0 Å². The number of rotatable bonds is 2. The summed E-state index contributed by atoms with van der Waals surface area (Å²) in [5.74, 6) is 0.434. The van der Waals surface area contributed by atoms with E-state index >= 15 is 0 Å². The molecule has 2 rings (SSSR count). The van der Waals surface area contributed by atoms with Crippen LogP contribution in [-0.4, -0.2) is 32.8 Å². The van der Waals surface area contributed by atoms with Crippen LogP contribution in [0.2, 0.25) is 6.32 Å². The third-order valence-electron chi connectivity index (χ3n) is 2.83. The summed E-state index contributed by atoms with van der Waals surface area (Å²) in [6.07, 6.45) is 2.13. The summed E-state index contributed by atoms with van der Waals surface area (Å²) >= 11 is 0. The van der Waals surface area contributed by atoms with Crippen molar-refractivity contribution in [3.63, 3.8) is 0 Å². The molecule has 2 nitrogen and oxygen atoms in total. The third kappa shape index (κ3) is 1.02. The molecule has 0 saturated carbocycles. The smallest absolute Gasteiger partial charge is 0.118 e. The van der Waals surface area contributed by atoms with E-state index in [1.807, 2.05) is 0 Å². The van der Waals surface area contributed by atoms with Crippen molar-refractivity contribution in [2.24, 2.45) is 5.92 Å². The van der Waals surface area contributed by atoms with Crippen molar-refractivity contribution in [1.82, 2.24) is 0 Å². The number of hydrogen-bond acceptors (Lipinski definition) is 2. The summed E-state index contributed by atoms with van der Waals surface area (Å²) in [4.78, 5) is 0. The lowest BCUT2D eigenvalue weighted by Gasteiger charge is -2.22. The van der Waals surface area contributed by atoms with E-state index in [0.29, 0.717) is 18.3 Å². The first kappa shape index (κ1) is 7.62. The van der Waals surface area contributed by atoms with Crippen molar-refractivity contribution in [2.45, 2.75) is 31.4 Å². The molecule has 2 fully saturated rings. The summed E-state index contributed by atoms with van der Waals surface area (Å²) in [7, 11) is 5.57. The van der Waals surface area contributed by atoms with Crippen molar-refractivity contribution in [1.29, 1.82) is 0 Å². The lowest BCUT2D eigenvalue weighted by atomic mass is 9.83. The van der Waals surface area contributed by atoms with Gasteiger partial charge < -0.3 is 9.47 Å². The van der Waals surface area contributed by atoms with Gasteiger partial charge in [-0.25, -0.2) is 0 Å². The zero-order valence-electron chi connectivity index (χ0n) is 6.88. The minimum atomic E-state index is 0.0578. The highest BCUT2D eigenvalue weighted by atomic mass is 16.6. The van der Waals surface area contributed by atoms with Gasteiger partial charge in [0.1, 0.15) is 5.60 Å². The van der Waals surface area contributed by atoms with Crippen LogP contribution in [0.25, 0.3) is 0 Å². The molecule has 0 amide bonds. The molecule has 2 aliphatic rings. The van der Waals surface area contributed by atoms with E-state index in [2.05, 4.69) is 6.92 Å². The number of ether oxygens (including phenoxy) is 2. The number of hydrogen-bond donors (Lipinski definition) is 0. The molecule has 2 saturated heterocycles. The van der Waals surface area contributed by atoms with Crippen LogP contribution in [0.3, 0.4) is 0 Å². The van der Waals surface area contributed by atoms with Crippen molar-refractivity contribution < 1.29 is 9.47 Å². The lowest BCUT2D eigenvalue weighted by molar-refractivity contribution is 0.0485. The van der Waals surface area contributed by atoms with Crippen molar-refractivity contribution in [2.75, 3.05) is 13.2 Å². The van der Waals surface area contributed by atoms with Gasteiger partial charge in [-0.2, -0.15) is 0 Å². The highest BCUT2D eigenvalue weighted by Crippen LogP contribution is 2.48. The molecule has 2 unspecified atom stereocenters. The zero-order valence-corrected chi connectivity index (χ0v) is 6.88. The molecule has 3 atom stereocenters. The third-order valence-corrected chi connectivity index (χ3v) is 2.83. The highest BCUT2D eigenvalue weighted by Gasteiger charge is 2.60. The van der Waals surface area contributed by atoms with Gasteiger partial charge in [0.25, 0.3) is 0 Å². The van der Waals surface area contributed by atoms with E-state index in [4.69, 9.17) is 17.3 Å². The molecule has 2 aliphatic heterocycles. The molecule has 0 N–H and O–H groups in total. The molecule has 3 heteroatoms. The second kappa shape index (κ2) is 2.49. The summed E-state index contributed by atoms with van der Waals surface area (Å²) in [6, 6.07) is 0. The Morgan fingerprint density at radius 1 is 1.64 bits per heavy atom. The predicted octanol–water partition coefficient (Wildman–Crippen LogP) is 0.767. The normalized spacial score (nSPS) is 48.5. The Morgan fingerprint density at radius 2 is 2.45 bits per heavy atom. The molecule has 2 heterocycles. The topological polar surface area (TPSA) is 21.8 Å². The van der Waals surface area contributed by atoms with Crippen LogP contribution in [0.5, 0.6) is 0 Å². The molecule has 0 bridgehead atoms. The average Bonchev–Trinajstić information content (AvgIpc) is 2.78. The molecule has 11 heavy (non-hydrogen) atoms. The van der Waals surface area contributed by atoms with Crippen LogP contribution in [0, 0.1) is 5.92 Å². The Balaban J connectivity index is 2.01. The van der Waals surface area contributed by atoms with E-state index in [1.54, 1.807) is 0 Å². The first-order valence-corrected chi connectivity index (χ1v) is 4.28. The molecule has 0 aromatic rings. The van der Waals surface area contributed by atoms with Crippen LogP contribution >= 0.6 is 0 Å². The van der Waals surface area contributed by atoms with Crippen LogP contribution in [0.1, 0.15) is 13.3 Å². The molecule has 0 aliphatic carbocycles. The Labute approximate surface area is 68.7 Å². The SMILES string of the molecule is [B]CC1COCC2(CC)O[C@@H]12. The summed E-state index contributed by atoms with van der Waals surface area (Å²) in [6.45, 7) is 3.69. The lowest BCUT2D eigenvalue weighted by Crippen LogP contribution is -2.34. The van der Waals surface area contributed by atoms with E-state index in [-0.39, 0.29) is 5.60 Å². The molecule has 2 radical (unpaired) electrons. The van der Waals surface area contributed by atoms with Crippen LogP contribution in [0.15, 0.2) is 0 Å². The predicted molar refractivity (Wildman–Crippen MR) is 42.8 cm³/mol. The molecule has 0 aromatic carbocycles. The van der Waals surface area contributed by atoms with Gasteiger partial charge in [0.2, 0.25) is 0 Å². The average molecular weight is 152 g/mol. The number of epoxide rings is 1. The van der Waals surface area contributed by atoms with Gasteiger partial charge in [0.05, 0.1) is 27.2 Å². The van der Waals surface area contributed by atoms with E-state index in [0.717, 1.165) is 19.6 Å². The van der Waals surface area contributed by atoms with Crippen LogP contribution in [0.4, 0.5) is 0 Å². The highest BCUT2D eigenvalue weighted by molar-refractivity contribution is 6.08. The van der Waals surface area contributed by atoms with E-state index < -0.39 is 0 Å². The Morgan fingerprint density at radius 3 is 3.09 bits per heavy atom. The maximum absolute atomic E-state index is 5.61. The van der Waals surface area contributed by atoms with E-state index in [9.17, 15) is 0 Å². The van der Waals surface area contributed by atoms with Gasteiger partial charge in [0.15, 0.2) is 0 Å². The van der Waals surface area contributed by atoms with Crippen molar-refractivity contribution >= 4 is 7.85 Å². The van der Waals surface area contributed by atoms with Crippen molar-refractivity contribution in [3.8, 4) is 0 Å². The Hall–Kier alpha value is -0.0151. The van der Waals surface area contributed by atoms with Crippen LogP contribution in [-0.2, 0) is 9.47 Å². The van der Waals surface area contributed by atoms with Gasteiger partial charge in [0, 0.05) is 5.92 Å². The van der Waals surface area contributed by atoms with Gasteiger partial charge in [-0.3, -0.25) is 0 Å². The maximum atomic E-state index is 5.61. The fourth-order valence-electron chi connectivity index (χ4n) is 1.91. The van der Waals surface area contributed by atoms with Crippen molar-refractivity contribution in [3.05, 3.63) is 0 Å². The van der Waals surface area contributed by atoms with Gasteiger partial charge in [-0.15, -0.1) is 0 Å². The molecule has 0 aromatic heterocycles. The first-order chi connectivity index (χ1) is 5.32. The summed E-state index contributed by atoms with van der Waals surface area (Å²) in [5, 5.41) is 0. The number of fused-ring (bicyclic) bond motifs is 1. The Bertz CT molecular complexity index is 162. The summed E-state index contributed by atoms with van der Waals surface area (Å²) in [5.41, 5.74) is 0.0578.